The Morgan fingerprint density at radius 3 is 2.57 bits per heavy atom. The van der Waals surface area contributed by atoms with Gasteiger partial charge >= 0.3 is 5.97 Å². The predicted octanol–water partition coefficient (Wildman–Crippen LogP) is 3.76. The number of nitrogens with zero attached hydrogens (tertiary/aromatic N) is 1. The summed E-state index contributed by atoms with van der Waals surface area (Å²) in [6.07, 6.45) is -0.530. The summed E-state index contributed by atoms with van der Waals surface area (Å²) in [5.41, 5.74) is -0.0739. The van der Waals surface area contributed by atoms with Gasteiger partial charge < -0.3 is 18.9 Å². The zero-order chi connectivity index (χ0) is 20.9. The zero-order valence-electron chi connectivity index (χ0n) is 16.0. The normalized spacial score (nSPS) is 16.6. The molecular weight excluding hydrogens is 397 g/mol. The first-order valence-corrected chi connectivity index (χ1v) is 9.35. The number of esters is 1. The average Bonchev–Trinajstić information content (AvgIpc) is 3.08. The number of hydrogen-bond acceptors (Lipinski definition) is 7. The van der Waals surface area contributed by atoms with Gasteiger partial charge in [0.2, 0.25) is 6.04 Å². The van der Waals surface area contributed by atoms with Gasteiger partial charge in [-0.15, -0.1) is 0 Å². The second-order valence-electron chi connectivity index (χ2n) is 6.18. The summed E-state index contributed by atoms with van der Waals surface area (Å²) in [5.74, 6) is -2.91. The van der Waals surface area contributed by atoms with E-state index in [4.69, 9.17) is 30.5 Å². The van der Waals surface area contributed by atoms with E-state index in [2.05, 4.69) is 0 Å². The van der Waals surface area contributed by atoms with E-state index in [1.54, 1.807) is 20.8 Å². The lowest BCUT2D eigenvalue weighted by Gasteiger charge is -2.27. The molecular formula is C18H23ClFNO7. The number of carbonyl (C=O) groups excluding carboxylic acids is 1. The highest BCUT2D eigenvalue weighted by molar-refractivity contribution is 6.31. The molecule has 10 heteroatoms. The quantitative estimate of drug-likeness (QED) is 0.341. The Labute approximate surface area is 167 Å². The van der Waals surface area contributed by atoms with Gasteiger partial charge in [-0.25, -0.2) is 4.39 Å². The van der Waals surface area contributed by atoms with Crippen molar-refractivity contribution in [2.24, 2.45) is 0 Å². The number of hydrogen-bond donors (Lipinski definition) is 0. The van der Waals surface area contributed by atoms with Gasteiger partial charge in [0.25, 0.3) is 0 Å². The van der Waals surface area contributed by atoms with Crippen LogP contribution in [0.5, 0.6) is 5.75 Å². The molecule has 1 fully saturated rings. The van der Waals surface area contributed by atoms with Crippen LogP contribution in [-0.4, -0.2) is 37.3 Å². The van der Waals surface area contributed by atoms with Crippen molar-refractivity contribution in [1.29, 1.82) is 0 Å². The van der Waals surface area contributed by atoms with Gasteiger partial charge in [0, 0.05) is 11.3 Å². The van der Waals surface area contributed by atoms with E-state index >= 15 is 0 Å². The molecule has 8 nitrogen and oxygen atoms in total. The molecule has 1 aliphatic rings. The molecule has 0 aliphatic carbocycles. The molecule has 1 saturated heterocycles. The highest BCUT2D eigenvalue weighted by Crippen LogP contribution is 2.45. The summed E-state index contributed by atoms with van der Waals surface area (Å²) in [4.78, 5) is 22.7. The topological polar surface area (TPSA) is 97.1 Å². The van der Waals surface area contributed by atoms with Crippen molar-refractivity contribution in [1.82, 2.24) is 0 Å². The Balaban J connectivity index is 2.56. The van der Waals surface area contributed by atoms with Gasteiger partial charge in [-0.2, -0.15) is 0 Å². The molecule has 156 valence electrons. The molecule has 1 unspecified atom stereocenters. The molecule has 28 heavy (non-hydrogen) atoms. The van der Waals surface area contributed by atoms with Gasteiger partial charge in [0.15, 0.2) is 11.6 Å². The molecule has 0 bridgehead atoms. The van der Waals surface area contributed by atoms with Crippen LogP contribution in [-0.2, 0) is 24.8 Å². The summed E-state index contributed by atoms with van der Waals surface area (Å²) in [7, 11) is 0. The Morgan fingerprint density at radius 1 is 1.39 bits per heavy atom. The first-order chi connectivity index (χ1) is 13.2. The number of carbonyl (C=O) groups is 1. The van der Waals surface area contributed by atoms with Crippen molar-refractivity contribution in [3.8, 4) is 5.75 Å². The van der Waals surface area contributed by atoms with Crippen LogP contribution in [0.2, 0.25) is 5.02 Å². The van der Waals surface area contributed by atoms with Crippen molar-refractivity contribution in [2.75, 3.05) is 26.4 Å². The van der Waals surface area contributed by atoms with Crippen LogP contribution in [0, 0.1) is 15.9 Å². The van der Waals surface area contributed by atoms with Gasteiger partial charge in [0.05, 0.1) is 43.4 Å². The SMILES string of the molecule is CCOC(=O)CCC(c1c(F)c(Cl)cc(C2(C)OCCO2)c1OCC)[N+](=O)[O-]. The minimum absolute atomic E-state index is 0.0561. The highest BCUT2D eigenvalue weighted by Gasteiger charge is 2.42. The summed E-state index contributed by atoms with van der Waals surface area (Å²) < 4.78 is 36.6. The summed E-state index contributed by atoms with van der Waals surface area (Å²) in [5, 5.41) is 11.4. The second-order valence-corrected chi connectivity index (χ2v) is 6.59. The molecule has 0 aromatic heterocycles. The molecule has 1 heterocycles. The molecule has 0 saturated carbocycles. The molecule has 2 rings (SSSR count). The number of rotatable bonds is 9. The van der Waals surface area contributed by atoms with E-state index in [0.717, 1.165) is 0 Å². The minimum Gasteiger partial charge on any atom is -0.493 e. The maximum Gasteiger partial charge on any atom is 0.306 e. The van der Waals surface area contributed by atoms with Crippen LogP contribution in [0.1, 0.15) is 50.8 Å². The van der Waals surface area contributed by atoms with Gasteiger partial charge in [-0.1, -0.05) is 11.6 Å². The van der Waals surface area contributed by atoms with Crippen molar-refractivity contribution in [3.63, 3.8) is 0 Å². The lowest BCUT2D eigenvalue weighted by atomic mass is 9.94. The second kappa shape index (κ2) is 9.49. The van der Waals surface area contributed by atoms with Crippen LogP contribution in [0.25, 0.3) is 0 Å². The van der Waals surface area contributed by atoms with Crippen LogP contribution in [0.4, 0.5) is 4.39 Å². The Kier molecular flexibility index (Phi) is 7.56. The summed E-state index contributed by atoms with van der Waals surface area (Å²) in [6, 6.07) is -0.271. The van der Waals surface area contributed by atoms with Crippen molar-refractivity contribution >= 4 is 17.6 Å². The smallest absolute Gasteiger partial charge is 0.306 e. The lowest BCUT2D eigenvalue weighted by Crippen LogP contribution is -2.26. The third-order valence-electron chi connectivity index (χ3n) is 4.34. The monoisotopic (exact) mass is 419 g/mol. The Hall–Kier alpha value is -1.97. The maximum atomic E-state index is 14.9. The largest absolute Gasteiger partial charge is 0.493 e. The van der Waals surface area contributed by atoms with Crippen LogP contribution < -0.4 is 4.74 Å². The van der Waals surface area contributed by atoms with E-state index in [9.17, 15) is 19.3 Å². The fourth-order valence-electron chi connectivity index (χ4n) is 3.08. The van der Waals surface area contributed by atoms with Crippen molar-refractivity contribution in [3.05, 3.63) is 38.1 Å². The zero-order valence-corrected chi connectivity index (χ0v) is 16.7. The first kappa shape index (κ1) is 22.3. The van der Waals surface area contributed by atoms with Crippen molar-refractivity contribution < 1.29 is 33.1 Å². The number of nitro groups is 1. The van der Waals surface area contributed by atoms with E-state index in [-0.39, 0.29) is 48.0 Å². The van der Waals surface area contributed by atoms with Gasteiger partial charge in [-0.3, -0.25) is 14.9 Å². The van der Waals surface area contributed by atoms with Gasteiger partial charge in [-0.05, 0) is 26.8 Å². The number of benzene rings is 1. The minimum atomic E-state index is -1.56. The molecule has 0 N–H and O–H groups in total. The predicted molar refractivity (Wildman–Crippen MR) is 97.4 cm³/mol. The van der Waals surface area contributed by atoms with Crippen molar-refractivity contribution in [2.45, 2.75) is 45.4 Å². The lowest BCUT2D eigenvalue weighted by molar-refractivity contribution is -0.530. The van der Waals surface area contributed by atoms with Crippen LogP contribution >= 0.6 is 11.6 Å². The average molecular weight is 420 g/mol. The van der Waals surface area contributed by atoms with Gasteiger partial charge in [0.1, 0.15) is 11.3 Å². The molecule has 1 aromatic rings. The molecule has 0 spiro atoms. The van der Waals surface area contributed by atoms with E-state index in [0.29, 0.717) is 13.2 Å². The Morgan fingerprint density at radius 2 is 2.04 bits per heavy atom. The van der Waals surface area contributed by atoms with E-state index < -0.39 is 28.5 Å². The summed E-state index contributed by atoms with van der Waals surface area (Å²) >= 11 is 6.04. The molecule has 1 atom stereocenters. The molecule has 0 amide bonds. The fourth-order valence-corrected chi connectivity index (χ4v) is 3.29. The Bertz CT molecular complexity index is 737. The maximum absolute atomic E-state index is 14.9. The number of ether oxygens (including phenoxy) is 4. The standard InChI is InChI=1S/C18H23ClFNO7/c1-4-25-14(22)7-6-13(21(23)24)15-16(20)12(19)10-11(17(15)26-5-2)18(3)27-8-9-28-18/h10,13H,4-9H2,1-3H3. The summed E-state index contributed by atoms with van der Waals surface area (Å²) in [6.45, 7) is 5.77. The molecule has 0 radical (unpaired) electrons. The van der Waals surface area contributed by atoms with Crippen LogP contribution in [0.15, 0.2) is 6.07 Å². The fraction of sp³-hybridized carbons (Fsp3) is 0.611. The van der Waals surface area contributed by atoms with Crippen LogP contribution in [0.3, 0.4) is 0 Å². The van der Waals surface area contributed by atoms with E-state index in [1.807, 2.05) is 0 Å². The third-order valence-corrected chi connectivity index (χ3v) is 4.61. The molecule has 1 aliphatic heterocycles. The first-order valence-electron chi connectivity index (χ1n) is 8.97. The highest BCUT2D eigenvalue weighted by atomic mass is 35.5. The number of halogens is 2. The van der Waals surface area contributed by atoms with E-state index in [1.165, 1.54) is 6.07 Å². The third kappa shape index (κ3) is 4.71. The molecule has 1 aromatic carbocycles.